The molecule has 1 amide bonds. The lowest BCUT2D eigenvalue weighted by molar-refractivity contribution is -0.150. The van der Waals surface area contributed by atoms with Gasteiger partial charge in [0, 0.05) is 12.6 Å². The number of benzene rings is 2. The molecular formula is C19H14F5N3O3. The molecule has 0 aliphatic carbocycles. The molecular weight excluding hydrogens is 413 g/mol. The monoisotopic (exact) mass is 427 g/mol. The summed E-state index contributed by atoms with van der Waals surface area (Å²) in [6.07, 6.45) is -4.86. The lowest BCUT2D eigenvalue weighted by atomic mass is 10.2. The zero-order valence-corrected chi connectivity index (χ0v) is 15.2. The zero-order chi connectivity index (χ0) is 22.1. The number of fused-ring (bicyclic) bond motifs is 1. The van der Waals surface area contributed by atoms with E-state index in [-0.39, 0.29) is 16.6 Å². The Bertz CT molecular complexity index is 1090. The summed E-state index contributed by atoms with van der Waals surface area (Å²) in [4.78, 5) is 28.1. The van der Waals surface area contributed by atoms with Crippen LogP contribution in [0.4, 0.5) is 22.0 Å². The average Bonchev–Trinajstić information content (AvgIpc) is 2.99. The van der Waals surface area contributed by atoms with Crippen LogP contribution in [0.1, 0.15) is 11.4 Å². The second-order valence-electron chi connectivity index (χ2n) is 6.43. The summed E-state index contributed by atoms with van der Waals surface area (Å²) in [7, 11) is 0. The topological polar surface area (TPSA) is 75.4 Å². The van der Waals surface area contributed by atoms with Gasteiger partial charge in [-0.1, -0.05) is 12.1 Å². The molecule has 1 N–H and O–H groups in total. The molecule has 2 aromatic carbocycles. The number of rotatable bonds is 6. The van der Waals surface area contributed by atoms with Gasteiger partial charge in [0.15, 0.2) is 0 Å². The van der Waals surface area contributed by atoms with Gasteiger partial charge in [-0.15, -0.1) is 0 Å². The van der Waals surface area contributed by atoms with E-state index >= 15 is 0 Å². The van der Waals surface area contributed by atoms with Gasteiger partial charge in [-0.2, -0.15) is 13.2 Å². The molecule has 0 saturated heterocycles. The fourth-order valence-corrected chi connectivity index (χ4v) is 3.01. The third-order valence-corrected chi connectivity index (χ3v) is 4.18. The molecule has 0 aliphatic heterocycles. The Hall–Kier alpha value is -3.50. The SMILES string of the molecule is O=C(O)CN(Cc1cc(F)cc(F)c1)C(=O)Cn1c(C(F)(F)F)nc2ccccc21. The number of hydrogen-bond acceptors (Lipinski definition) is 3. The molecule has 0 aliphatic rings. The molecule has 11 heteroatoms. The molecule has 3 rings (SSSR count). The van der Waals surface area contributed by atoms with Crippen LogP contribution in [-0.4, -0.2) is 38.0 Å². The van der Waals surface area contributed by atoms with Crippen molar-refractivity contribution in [2.24, 2.45) is 0 Å². The summed E-state index contributed by atoms with van der Waals surface area (Å²) in [5, 5.41) is 9.06. The molecule has 158 valence electrons. The standard InChI is InChI=1S/C19H14F5N3O3/c20-12-5-11(6-13(21)7-12)8-26(10-17(29)30)16(28)9-27-15-4-2-1-3-14(15)25-18(27)19(22,23)24/h1-7H,8-10H2,(H,29,30). The van der Waals surface area contributed by atoms with Crippen LogP contribution in [0, 0.1) is 11.6 Å². The number of carbonyl (C=O) groups is 2. The smallest absolute Gasteiger partial charge is 0.449 e. The van der Waals surface area contributed by atoms with Crippen molar-refractivity contribution in [1.82, 2.24) is 14.5 Å². The highest BCUT2D eigenvalue weighted by Gasteiger charge is 2.38. The molecule has 6 nitrogen and oxygen atoms in total. The molecule has 0 unspecified atom stereocenters. The number of carbonyl (C=O) groups excluding carboxylic acids is 1. The van der Waals surface area contributed by atoms with Crippen LogP contribution >= 0.6 is 0 Å². The Balaban J connectivity index is 1.95. The third-order valence-electron chi connectivity index (χ3n) is 4.18. The number of amides is 1. The molecule has 0 radical (unpaired) electrons. The fourth-order valence-electron chi connectivity index (χ4n) is 3.01. The molecule has 30 heavy (non-hydrogen) atoms. The first kappa shape index (κ1) is 21.2. The number of para-hydroxylation sites is 2. The van der Waals surface area contributed by atoms with Crippen LogP contribution < -0.4 is 0 Å². The number of carboxylic acids is 1. The van der Waals surface area contributed by atoms with Crippen LogP contribution in [0.15, 0.2) is 42.5 Å². The van der Waals surface area contributed by atoms with Gasteiger partial charge in [0.05, 0.1) is 11.0 Å². The van der Waals surface area contributed by atoms with Gasteiger partial charge in [-0.3, -0.25) is 9.59 Å². The quantitative estimate of drug-likeness (QED) is 0.612. The van der Waals surface area contributed by atoms with Crippen molar-refractivity contribution in [3.05, 3.63) is 65.5 Å². The van der Waals surface area contributed by atoms with Gasteiger partial charge < -0.3 is 14.6 Å². The Morgan fingerprint density at radius 3 is 2.30 bits per heavy atom. The maximum Gasteiger partial charge on any atom is 0.449 e. The molecule has 0 spiro atoms. The van der Waals surface area contributed by atoms with E-state index in [1.807, 2.05) is 0 Å². The number of alkyl halides is 3. The van der Waals surface area contributed by atoms with Crippen molar-refractivity contribution in [3.63, 3.8) is 0 Å². The van der Waals surface area contributed by atoms with Gasteiger partial charge in [0.1, 0.15) is 24.7 Å². The van der Waals surface area contributed by atoms with Gasteiger partial charge in [-0.25, -0.2) is 13.8 Å². The predicted molar refractivity (Wildman–Crippen MR) is 94.1 cm³/mol. The normalized spacial score (nSPS) is 11.6. The van der Waals surface area contributed by atoms with E-state index in [1.54, 1.807) is 0 Å². The Labute approximate surface area is 166 Å². The molecule has 1 heterocycles. The van der Waals surface area contributed by atoms with E-state index in [0.29, 0.717) is 15.5 Å². The highest BCUT2D eigenvalue weighted by atomic mass is 19.4. The first-order chi connectivity index (χ1) is 14.0. The minimum absolute atomic E-state index is 0.00890. The largest absolute Gasteiger partial charge is 0.480 e. The van der Waals surface area contributed by atoms with E-state index in [2.05, 4.69) is 4.98 Å². The van der Waals surface area contributed by atoms with E-state index in [9.17, 15) is 31.5 Å². The first-order valence-corrected chi connectivity index (χ1v) is 8.51. The third kappa shape index (κ3) is 4.73. The van der Waals surface area contributed by atoms with Gasteiger partial charge >= 0.3 is 12.1 Å². The number of aliphatic carboxylic acids is 1. The number of halogens is 5. The molecule has 3 aromatic rings. The van der Waals surface area contributed by atoms with E-state index < -0.39 is 55.1 Å². The van der Waals surface area contributed by atoms with Crippen LogP contribution in [0.25, 0.3) is 11.0 Å². The number of hydrogen-bond donors (Lipinski definition) is 1. The lowest BCUT2D eigenvalue weighted by Gasteiger charge is -2.22. The Morgan fingerprint density at radius 2 is 1.70 bits per heavy atom. The minimum atomic E-state index is -4.86. The van der Waals surface area contributed by atoms with Crippen LogP contribution in [0.2, 0.25) is 0 Å². The predicted octanol–water partition coefficient (Wildman–Crippen LogP) is 3.45. The van der Waals surface area contributed by atoms with Gasteiger partial charge in [-0.05, 0) is 29.8 Å². The van der Waals surface area contributed by atoms with E-state index in [1.165, 1.54) is 24.3 Å². The Morgan fingerprint density at radius 1 is 1.07 bits per heavy atom. The summed E-state index contributed by atoms with van der Waals surface area (Å²) in [5.41, 5.74) is -0.00602. The highest BCUT2D eigenvalue weighted by Crippen LogP contribution is 2.31. The van der Waals surface area contributed by atoms with Crippen molar-refractivity contribution in [3.8, 4) is 0 Å². The van der Waals surface area contributed by atoms with Crippen molar-refractivity contribution < 1.29 is 36.6 Å². The second-order valence-corrected chi connectivity index (χ2v) is 6.43. The zero-order valence-electron chi connectivity index (χ0n) is 15.2. The average molecular weight is 427 g/mol. The summed E-state index contributed by atoms with van der Waals surface area (Å²) in [5.74, 6) is -5.62. The van der Waals surface area contributed by atoms with Crippen LogP contribution in [0.5, 0.6) is 0 Å². The van der Waals surface area contributed by atoms with Crippen molar-refractivity contribution in [2.45, 2.75) is 19.3 Å². The van der Waals surface area contributed by atoms with Gasteiger partial charge in [0.2, 0.25) is 11.7 Å². The fraction of sp³-hybridized carbons (Fsp3) is 0.211. The number of carboxylic acid groups (broad SMARTS) is 1. The number of aromatic nitrogens is 2. The second kappa shape index (κ2) is 8.09. The highest BCUT2D eigenvalue weighted by molar-refractivity contribution is 5.83. The minimum Gasteiger partial charge on any atom is -0.480 e. The van der Waals surface area contributed by atoms with Crippen molar-refractivity contribution >= 4 is 22.9 Å². The maximum atomic E-state index is 13.4. The Kier molecular flexibility index (Phi) is 5.72. The summed E-state index contributed by atoms with van der Waals surface area (Å²) >= 11 is 0. The first-order valence-electron chi connectivity index (χ1n) is 8.51. The number of imidazole rings is 1. The summed E-state index contributed by atoms with van der Waals surface area (Å²) in [6.45, 7) is -2.24. The molecule has 0 atom stereocenters. The summed E-state index contributed by atoms with van der Waals surface area (Å²) in [6, 6.07) is 8.04. The maximum absolute atomic E-state index is 13.4. The van der Waals surface area contributed by atoms with Crippen molar-refractivity contribution in [1.29, 1.82) is 0 Å². The van der Waals surface area contributed by atoms with Crippen LogP contribution in [0.3, 0.4) is 0 Å². The summed E-state index contributed by atoms with van der Waals surface area (Å²) < 4.78 is 67.6. The number of nitrogens with zero attached hydrogens (tertiary/aromatic N) is 3. The molecule has 0 fully saturated rings. The van der Waals surface area contributed by atoms with E-state index in [0.717, 1.165) is 12.1 Å². The lowest BCUT2D eigenvalue weighted by Crippen LogP contribution is -2.38. The molecule has 0 bridgehead atoms. The molecule has 0 saturated carbocycles. The van der Waals surface area contributed by atoms with Crippen molar-refractivity contribution in [2.75, 3.05) is 6.54 Å². The van der Waals surface area contributed by atoms with E-state index in [4.69, 9.17) is 5.11 Å². The van der Waals surface area contributed by atoms with Gasteiger partial charge in [0.25, 0.3) is 0 Å². The van der Waals surface area contributed by atoms with Crippen LogP contribution in [-0.2, 0) is 28.9 Å². The molecule has 1 aromatic heterocycles.